The van der Waals surface area contributed by atoms with Crippen molar-refractivity contribution >= 4 is 17.5 Å². The Morgan fingerprint density at radius 3 is 2.66 bits per heavy atom. The van der Waals surface area contributed by atoms with Gasteiger partial charge in [0.2, 0.25) is 0 Å². The number of carbonyl (C=O) groups is 2. The molecular formula is C22H22N4O3. The molecule has 0 saturated carbocycles. The second kappa shape index (κ2) is 7.79. The van der Waals surface area contributed by atoms with Gasteiger partial charge in [-0.25, -0.2) is 0 Å². The van der Waals surface area contributed by atoms with Crippen LogP contribution in [0.2, 0.25) is 0 Å². The monoisotopic (exact) mass is 390 g/mol. The van der Waals surface area contributed by atoms with E-state index in [1.807, 2.05) is 55.5 Å². The first kappa shape index (κ1) is 18.7. The first-order valence-electron chi connectivity index (χ1n) is 9.42. The van der Waals surface area contributed by atoms with Crippen LogP contribution < -0.4 is 10.1 Å². The van der Waals surface area contributed by atoms with Gasteiger partial charge in [-0.15, -0.1) is 0 Å². The molecule has 3 aromatic rings. The van der Waals surface area contributed by atoms with Gasteiger partial charge in [0, 0.05) is 30.4 Å². The van der Waals surface area contributed by atoms with Crippen molar-refractivity contribution < 1.29 is 14.3 Å². The summed E-state index contributed by atoms with van der Waals surface area (Å²) >= 11 is 0. The normalized spacial score (nSPS) is 13.2. The van der Waals surface area contributed by atoms with Crippen LogP contribution in [0.25, 0.3) is 0 Å². The summed E-state index contributed by atoms with van der Waals surface area (Å²) in [6.07, 6.45) is 0. The Labute approximate surface area is 168 Å². The zero-order chi connectivity index (χ0) is 20.4. The molecule has 0 fully saturated rings. The number of amides is 2. The molecule has 4 rings (SSSR count). The molecule has 0 unspecified atom stereocenters. The van der Waals surface area contributed by atoms with Crippen LogP contribution in [0.3, 0.4) is 0 Å². The van der Waals surface area contributed by atoms with E-state index in [1.165, 1.54) is 0 Å². The number of ether oxygens (including phenoxy) is 1. The number of nitrogens with one attached hydrogen (secondary N) is 1. The number of aromatic nitrogens is 2. The van der Waals surface area contributed by atoms with E-state index >= 15 is 0 Å². The lowest BCUT2D eigenvalue weighted by atomic mass is 10.1. The van der Waals surface area contributed by atoms with E-state index in [0.717, 1.165) is 16.9 Å². The van der Waals surface area contributed by atoms with E-state index in [-0.39, 0.29) is 17.5 Å². The first-order chi connectivity index (χ1) is 14.0. The Kier molecular flexibility index (Phi) is 5.03. The van der Waals surface area contributed by atoms with E-state index in [1.54, 1.807) is 22.8 Å². The van der Waals surface area contributed by atoms with Crippen molar-refractivity contribution in [3.8, 4) is 5.75 Å². The minimum absolute atomic E-state index is 0.149. The van der Waals surface area contributed by atoms with Gasteiger partial charge in [-0.3, -0.25) is 14.3 Å². The average Bonchev–Trinajstić information content (AvgIpc) is 3.17. The first-order valence-corrected chi connectivity index (χ1v) is 9.42. The fraction of sp³-hybridized carbons (Fsp3) is 0.227. The minimum Gasteiger partial charge on any atom is -0.496 e. The van der Waals surface area contributed by atoms with Gasteiger partial charge in [-0.05, 0) is 25.1 Å². The molecule has 0 bridgehead atoms. The molecule has 0 radical (unpaired) electrons. The summed E-state index contributed by atoms with van der Waals surface area (Å²) in [6.45, 7) is 3.48. The van der Waals surface area contributed by atoms with Gasteiger partial charge in [-0.2, -0.15) is 5.10 Å². The number of hydrogen-bond donors (Lipinski definition) is 1. The van der Waals surface area contributed by atoms with Crippen LogP contribution in [-0.4, -0.2) is 40.1 Å². The second-order valence-electron chi connectivity index (χ2n) is 7.00. The molecule has 2 aromatic carbocycles. The zero-order valence-corrected chi connectivity index (χ0v) is 16.4. The van der Waals surface area contributed by atoms with Crippen LogP contribution in [0.1, 0.15) is 32.1 Å². The van der Waals surface area contributed by atoms with Crippen molar-refractivity contribution in [1.82, 2.24) is 14.7 Å². The molecule has 29 heavy (non-hydrogen) atoms. The van der Waals surface area contributed by atoms with Crippen LogP contribution in [0, 0.1) is 6.92 Å². The van der Waals surface area contributed by atoms with Gasteiger partial charge in [0.15, 0.2) is 5.69 Å². The number of fused-ring (bicyclic) bond motifs is 1. The summed E-state index contributed by atoms with van der Waals surface area (Å²) in [5.41, 5.74) is 3.39. The predicted molar refractivity (Wildman–Crippen MR) is 109 cm³/mol. The van der Waals surface area contributed by atoms with Crippen molar-refractivity contribution in [2.75, 3.05) is 19.0 Å². The van der Waals surface area contributed by atoms with E-state index in [2.05, 4.69) is 10.4 Å². The number of hydrogen-bond acceptors (Lipinski definition) is 4. The van der Waals surface area contributed by atoms with Crippen LogP contribution in [0.5, 0.6) is 5.75 Å². The largest absolute Gasteiger partial charge is 0.496 e. The van der Waals surface area contributed by atoms with Gasteiger partial charge in [0.1, 0.15) is 11.4 Å². The fourth-order valence-corrected chi connectivity index (χ4v) is 3.37. The Balaban J connectivity index is 1.50. The van der Waals surface area contributed by atoms with Gasteiger partial charge in [-0.1, -0.05) is 35.9 Å². The molecule has 7 nitrogen and oxygen atoms in total. The second-order valence-corrected chi connectivity index (χ2v) is 7.00. The number of para-hydroxylation sites is 1. The number of benzene rings is 2. The number of rotatable bonds is 5. The lowest BCUT2D eigenvalue weighted by molar-refractivity contribution is 0.0682. The van der Waals surface area contributed by atoms with Gasteiger partial charge >= 0.3 is 0 Å². The van der Waals surface area contributed by atoms with Crippen molar-refractivity contribution in [3.05, 3.63) is 77.1 Å². The highest BCUT2D eigenvalue weighted by Crippen LogP contribution is 2.22. The summed E-state index contributed by atoms with van der Waals surface area (Å²) in [4.78, 5) is 27.2. The maximum absolute atomic E-state index is 12.9. The molecule has 0 spiro atoms. The molecule has 1 aliphatic rings. The van der Waals surface area contributed by atoms with E-state index in [0.29, 0.717) is 31.0 Å². The number of aryl methyl sites for hydroxylation is 1. The maximum atomic E-state index is 12.9. The molecule has 2 heterocycles. The fourth-order valence-electron chi connectivity index (χ4n) is 3.37. The Morgan fingerprint density at radius 1 is 1.14 bits per heavy atom. The maximum Gasteiger partial charge on any atom is 0.276 e. The highest BCUT2D eigenvalue weighted by atomic mass is 16.5. The minimum atomic E-state index is -0.333. The van der Waals surface area contributed by atoms with Crippen molar-refractivity contribution in [2.45, 2.75) is 20.0 Å². The topological polar surface area (TPSA) is 76.5 Å². The molecule has 148 valence electrons. The summed E-state index contributed by atoms with van der Waals surface area (Å²) in [5, 5.41) is 7.14. The molecule has 2 amide bonds. The van der Waals surface area contributed by atoms with Crippen molar-refractivity contribution in [3.63, 3.8) is 0 Å². The molecule has 0 atom stereocenters. The Hall–Kier alpha value is -3.61. The standard InChI is InChI=1S/C22H22N4O3/c1-15-7-9-17(10-8-15)23-21(27)18-13-19-22(28)25(11-12-26(19)24-18)14-16-5-3-4-6-20(16)29-2/h3-10,13H,11-12,14H2,1-2H3,(H,23,27). The number of anilines is 1. The highest BCUT2D eigenvalue weighted by Gasteiger charge is 2.28. The van der Waals surface area contributed by atoms with Crippen LogP contribution >= 0.6 is 0 Å². The molecule has 0 aliphatic carbocycles. The lowest BCUT2D eigenvalue weighted by Crippen LogP contribution is -2.39. The van der Waals surface area contributed by atoms with E-state index < -0.39 is 0 Å². The summed E-state index contributed by atoms with van der Waals surface area (Å²) in [7, 11) is 1.62. The van der Waals surface area contributed by atoms with E-state index in [4.69, 9.17) is 4.74 Å². The van der Waals surface area contributed by atoms with Crippen molar-refractivity contribution in [2.24, 2.45) is 0 Å². The third kappa shape index (κ3) is 3.85. The molecule has 1 aromatic heterocycles. The van der Waals surface area contributed by atoms with Crippen LogP contribution in [0.15, 0.2) is 54.6 Å². The molecular weight excluding hydrogens is 368 g/mol. The average molecular weight is 390 g/mol. The molecule has 7 heteroatoms. The van der Waals surface area contributed by atoms with E-state index in [9.17, 15) is 9.59 Å². The Morgan fingerprint density at radius 2 is 1.90 bits per heavy atom. The summed E-state index contributed by atoms with van der Waals surface area (Å²) < 4.78 is 6.98. The lowest BCUT2D eigenvalue weighted by Gasteiger charge is -2.28. The van der Waals surface area contributed by atoms with Crippen molar-refractivity contribution in [1.29, 1.82) is 0 Å². The van der Waals surface area contributed by atoms with Crippen LogP contribution in [0.4, 0.5) is 5.69 Å². The smallest absolute Gasteiger partial charge is 0.276 e. The zero-order valence-electron chi connectivity index (χ0n) is 16.4. The molecule has 1 aliphatic heterocycles. The van der Waals surface area contributed by atoms with Gasteiger partial charge in [0.25, 0.3) is 11.8 Å². The molecule has 1 N–H and O–H groups in total. The predicted octanol–water partition coefficient (Wildman–Crippen LogP) is 3.11. The Bertz CT molecular complexity index is 1060. The summed E-state index contributed by atoms with van der Waals surface area (Å²) in [6, 6.07) is 16.7. The number of methoxy groups -OCH3 is 1. The van der Waals surface area contributed by atoms with Crippen LogP contribution in [-0.2, 0) is 13.1 Å². The third-order valence-corrected chi connectivity index (χ3v) is 4.96. The number of carbonyl (C=O) groups excluding carboxylic acids is 2. The number of nitrogens with zero attached hydrogens (tertiary/aromatic N) is 3. The SMILES string of the molecule is COc1ccccc1CN1CCn2nc(C(=O)Nc3ccc(C)cc3)cc2C1=O. The highest BCUT2D eigenvalue weighted by molar-refractivity contribution is 6.04. The molecule has 0 saturated heterocycles. The summed E-state index contributed by atoms with van der Waals surface area (Å²) in [5.74, 6) is 0.265. The third-order valence-electron chi connectivity index (χ3n) is 4.96. The van der Waals surface area contributed by atoms with Gasteiger partial charge < -0.3 is 15.0 Å². The quantitative estimate of drug-likeness (QED) is 0.726. The van der Waals surface area contributed by atoms with Gasteiger partial charge in [0.05, 0.1) is 13.7 Å².